The molecule has 0 unspecified atom stereocenters. The molecule has 0 aliphatic rings. The van der Waals surface area contributed by atoms with Crippen LogP contribution in [0.25, 0.3) is 0 Å². The first kappa shape index (κ1) is 16.3. The van der Waals surface area contributed by atoms with Crippen molar-refractivity contribution in [1.82, 2.24) is 15.3 Å². The predicted octanol–water partition coefficient (Wildman–Crippen LogP) is 1.38. The summed E-state index contributed by atoms with van der Waals surface area (Å²) < 4.78 is 16.1. The van der Waals surface area contributed by atoms with E-state index in [-0.39, 0.29) is 0 Å². The maximum absolute atomic E-state index is 5.37. The lowest BCUT2D eigenvalue weighted by Crippen LogP contribution is -2.43. The normalized spacial score (nSPS) is 12.1. The molecule has 0 atom stereocenters. The van der Waals surface area contributed by atoms with Crippen molar-refractivity contribution in [2.75, 3.05) is 27.9 Å². The van der Waals surface area contributed by atoms with Crippen molar-refractivity contribution in [3.8, 4) is 0 Å². The summed E-state index contributed by atoms with van der Waals surface area (Å²) in [6.07, 6.45) is 0.945. The molecule has 0 aliphatic heterocycles. The van der Waals surface area contributed by atoms with Crippen molar-refractivity contribution < 1.29 is 13.3 Å². The first-order valence-corrected chi connectivity index (χ1v) is 8.38. The average molecular weight is 287 g/mol. The van der Waals surface area contributed by atoms with Crippen LogP contribution in [0.5, 0.6) is 0 Å². The number of rotatable bonds is 9. The lowest BCUT2D eigenvalue weighted by molar-refractivity contribution is 0.123. The summed E-state index contributed by atoms with van der Waals surface area (Å²) in [7, 11) is 2.50. The molecule has 0 amide bonds. The Kier molecular flexibility index (Phi) is 6.67. The highest BCUT2D eigenvalue weighted by Gasteiger charge is 2.36. The fourth-order valence-electron chi connectivity index (χ4n) is 1.90. The van der Waals surface area contributed by atoms with Crippen LogP contribution >= 0.6 is 0 Å². The van der Waals surface area contributed by atoms with Gasteiger partial charge in [-0.2, -0.15) is 0 Å². The highest BCUT2D eigenvalue weighted by molar-refractivity contribution is 6.60. The predicted molar refractivity (Wildman–Crippen MR) is 76.0 cm³/mol. The molecular formula is C12H25N3O3Si. The monoisotopic (exact) mass is 287 g/mol. The molecule has 0 fully saturated rings. The fraction of sp³-hybridized carbons (Fsp3) is 0.750. The molecule has 0 saturated carbocycles. The molecular weight excluding hydrogens is 262 g/mol. The molecule has 1 aromatic rings. The van der Waals surface area contributed by atoms with Crippen LogP contribution in [0.3, 0.4) is 0 Å². The Balaban J connectivity index is 2.24. The molecule has 19 heavy (non-hydrogen) atoms. The molecule has 1 aromatic heterocycles. The van der Waals surface area contributed by atoms with Gasteiger partial charge in [-0.1, -0.05) is 0 Å². The maximum Gasteiger partial charge on any atom is 0.500 e. The van der Waals surface area contributed by atoms with Crippen LogP contribution < -0.4 is 5.32 Å². The molecule has 6 nitrogen and oxygen atoms in total. The highest BCUT2D eigenvalue weighted by Crippen LogP contribution is 2.14. The summed E-state index contributed by atoms with van der Waals surface area (Å²) in [5.74, 6) is 0.976. The van der Waals surface area contributed by atoms with E-state index in [9.17, 15) is 0 Å². The SMILES string of the molecule is CO[Si](CCCNCc1nc(C)c(C)[nH]1)(OC)OC. The second-order valence-electron chi connectivity index (χ2n) is 4.47. The number of H-pyrrole nitrogens is 1. The Bertz CT molecular complexity index is 353. The minimum absolute atomic E-state index is 0.746. The van der Waals surface area contributed by atoms with E-state index < -0.39 is 8.80 Å². The summed E-state index contributed by atoms with van der Waals surface area (Å²) in [6, 6.07) is 0.805. The number of aromatic amines is 1. The van der Waals surface area contributed by atoms with Crippen molar-refractivity contribution in [1.29, 1.82) is 0 Å². The van der Waals surface area contributed by atoms with Gasteiger partial charge in [0.2, 0.25) is 0 Å². The quantitative estimate of drug-likeness (QED) is 0.530. The van der Waals surface area contributed by atoms with Gasteiger partial charge in [0.15, 0.2) is 0 Å². The summed E-state index contributed by atoms with van der Waals surface area (Å²) >= 11 is 0. The maximum atomic E-state index is 5.37. The van der Waals surface area contributed by atoms with Gasteiger partial charge in [-0.05, 0) is 26.8 Å². The van der Waals surface area contributed by atoms with Crippen LogP contribution in [0.1, 0.15) is 23.6 Å². The Morgan fingerprint density at radius 1 is 1.16 bits per heavy atom. The van der Waals surface area contributed by atoms with Gasteiger partial charge < -0.3 is 23.6 Å². The largest absolute Gasteiger partial charge is 0.500 e. The molecule has 0 radical (unpaired) electrons. The lowest BCUT2D eigenvalue weighted by atomic mass is 10.4. The van der Waals surface area contributed by atoms with E-state index in [2.05, 4.69) is 15.3 Å². The zero-order valence-electron chi connectivity index (χ0n) is 12.5. The van der Waals surface area contributed by atoms with E-state index in [1.165, 1.54) is 0 Å². The molecule has 1 rings (SSSR count). The summed E-state index contributed by atoms with van der Waals surface area (Å²) in [5.41, 5.74) is 2.18. The van der Waals surface area contributed by atoms with E-state index in [0.29, 0.717) is 0 Å². The van der Waals surface area contributed by atoms with Gasteiger partial charge in [-0.3, -0.25) is 0 Å². The van der Waals surface area contributed by atoms with E-state index in [4.69, 9.17) is 13.3 Å². The molecule has 0 saturated heterocycles. The van der Waals surface area contributed by atoms with Crippen molar-refractivity contribution in [2.24, 2.45) is 0 Å². The molecule has 0 bridgehead atoms. The standard InChI is InChI=1S/C12H25N3O3Si/c1-10-11(2)15-12(14-10)9-13-7-6-8-19(16-3,17-4)18-5/h13H,6-9H2,1-5H3,(H,14,15). The number of imidazole rings is 1. The Hall–Kier alpha value is -0.733. The van der Waals surface area contributed by atoms with Gasteiger partial charge >= 0.3 is 8.80 Å². The highest BCUT2D eigenvalue weighted by atomic mass is 28.4. The third-order valence-electron chi connectivity index (χ3n) is 3.24. The van der Waals surface area contributed by atoms with Gasteiger partial charge in [0.1, 0.15) is 5.82 Å². The van der Waals surface area contributed by atoms with Gasteiger partial charge in [0, 0.05) is 33.1 Å². The van der Waals surface area contributed by atoms with Gasteiger partial charge in [-0.25, -0.2) is 4.98 Å². The van der Waals surface area contributed by atoms with Crippen molar-refractivity contribution in [3.63, 3.8) is 0 Å². The van der Waals surface area contributed by atoms with Gasteiger partial charge in [0.05, 0.1) is 12.2 Å². The molecule has 110 valence electrons. The summed E-state index contributed by atoms with van der Waals surface area (Å²) in [5, 5.41) is 3.35. The molecule has 0 aromatic carbocycles. The second-order valence-corrected chi connectivity index (χ2v) is 7.56. The minimum Gasteiger partial charge on any atom is -0.377 e. The average Bonchev–Trinajstić information content (AvgIpc) is 2.74. The van der Waals surface area contributed by atoms with E-state index in [0.717, 1.165) is 42.8 Å². The first-order valence-electron chi connectivity index (χ1n) is 6.45. The van der Waals surface area contributed by atoms with Crippen LogP contribution in [0.15, 0.2) is 0 Å². The third-order valence-corrected chi connectivity index (χ3v) is 6.07. The van der Waals surface area contributed by atoms with Crippen LogP contribution in [0, 0.1) is 13.8 Å². The van der Waals surface area contributed by atoms with Crippen LogP contribution in [-0.2, 0) is 19.8 Å². The Labute approximate surface area is 116 Å². The smallest absolute Gasteiger partial charge is 0.377 e. The number of nitrogens with one attached hydrogen (secondary N) is 2. The number of aryl methyl sites for hydroxylation is 2. The van der Waals surface area contributed by atoms with Gasteiger partial charge in [-0.15, -0.1) is 0 Å². The topological polar surface area (TPSA) is 68.4 Å². The van der Waals surface area contributed by atoms with Crippen LogP contribution in [0.2, 0.25) is 6.04 Å². The van der Waals surface area contributed by atoms with Gasteiger partial charge in [0.25, 0.3) is 0 Å². The van der Waals surface area contributed by atoms with E-state index in [1.54, 1.807) is 21.3 Å². The van der Waals surface area contributed by atoms with Crippen molar-refractivity contribution >= 4 is 8.80 Å². The summed E-state index contributed by atoms with van der Waals surface area (Å²) in [4.78, 5) is 7.67. The number of aromatic nitrogens is 2. The van der Waals surface area contributed by atoms with Crippen LogP contribution in [0.4, 0.5) is 0 Å². The first-order chi connectivity index (χ1) is 9.06. The lowest BCUT2D eigenvalue weighted by Gasteiger charge is -2.24. The van der Waals surface area contributed by atoms with Crippen molar-refractivity contribution in [3.05, 3.63) is 17.2 Å². The molecule has 2 N–H and O–H groups in total. The molecule has 0 aliphatic carbocycles. The van der Waals surface area contributed by atoms with Crippen molar-refractivity contribution in [2.45, 2.75) is 32.9 Å². The Morgan fingerprint density at radius 3 is 2.26 bits per heavy atom. The minimum atomic E-state index is -2.41. The number of hydrogen-bond acceptors (Lipinski definition) is 5. The molecule has 1 heterocycles. The Morgan fingerprint density at radius 2 is 1.79 bits per heavy atom. The van der Waals surface area contributed by atoms with E-state index in [1.807, 2.05) is 13.8 Å². The number of nitrogens with zero attached hydrogens (tertiary/aromatic N) is 1. The molecule has 7 heteroatoms. The van der Waals surface area contributed by atoms with Crippen LogP contribution in [-0.4, -0.2) is 46.6 Å². The van der Waals surface area contributed by atoms with E-state index >= 15 is 0 Å². The fourth-order valence-corrected chi connectivity index (χ4v) is 3.62. The number of hydrogen-bond donors (Lipinski definition) is 2. The summed E-state index contributed by atoms with van der Waals surface area (Å²) in [6.45, 7) is 5.66. The zero-order valence-corrected chi connectivity index (χ0v) is 13.5. The third kappa shape index (κ3) is 4.70. The second kappa shape index (κ2) is 7.76. The zero-order chi connectivity index (χ0) is 14.3. The molecule has 0 spiro atoms.